The van der Waals surface area contributed by atoms with E-state index in [4.69, 9.17) is 11.6 Å². The third kappa shape index (κ3) is 3.81. The highest BCUT2D eigenvalue weighted by Crippen LogP contribution is 2.17. The van der Waals surface area contributed by atoms with Crippen LogP contribution in [-0.2, 0) is 0 Å². The van der Waals surface area contributed by atoms with Gasteiger partial charge >= 0.3 is 0 Å². The zero-order chi connectivity index (χ0) is 18.7. The standard InChI is InChI=1S/C19H16ClFN4O/c1-12-18(11-22-23-19(26)14-3-5-15(20)6-4-14)13(2)25(24-12)17-9-7-16(21)8-10-17/h3-11H,1-2H3,(H,23,26)/b22-11-. The lowest BCUT2D eigenvalue weighted by Gasteiger charge is -2.04. The van der Waals surface area contributed by atoms with E-state index in [1.807, 2.05) is 13.8 Å². The molecule has 0 atom stereocenters. The number of hydrogen-bond donors (Lipinski definition) is 1. The van der Waals surface area contributed by atoms with E-state index >= 15 is 0 Å². The van der Waals surface area contributed by atoms with Gasteiger partial charge in [0.25, 0.3) is 5.91 Å². The van der Waals surface area contributed by atoms with Crippen molar-refractivity contribution < 1.29 is 9.18 Å². The molecule has 5 nitrogen and oxygen atoms in total. The fourth-order valence-electron chi connectivity index (χ4n) is 2.50. The second-order valence-electron chi connectivity index (χ2n) is 5.68. The molecule has 1 aromatic heterocycles. The van der Waals surface area contributed by atoms with E-state index in [1.165, 1.54) is 12.1 Å². The van der Waals surface area contributed by atoms with Crippen LogP contribution in [0.5, 0.6) is 0 Å². The Morgan fingerprint density at radius 2 is 1.81 bits per heavy atom. The Bertz CT molecular complexity index is 962. The second kappa shape index (κ2) is 7.49. The van der Waals surface area contributed by atoms with Gasteiger partial charge in [0.1, 0.15) is 5.82 Å². The number of benzene rings is 2. The Balaban J connectivity index is 1.77. The van der Waals surface area contributed by atoms with Gasteiger partial charge < -0.3 is 0 Å². The molecule has 7 heteroatoms. The fraction of sp³-hybridized carbons (Fsp3) is 0.105. The summed E-state index contributed by atoms with van der Waals surface area (Å²) in [7, 11) is 0. The molecule has 1 heterocycles. The van der Waals surface area contributed by atoms with Crippen LogP contribution in [0.2, 0.25) is 5.02 Å². The first kappa shape index (κ1) is 17.8. The smallest absolute Gasteiger partial charge is 0.267 e. The van der Waals surface area contributed by atoms with Crippen molar-refractivity contribution in [3.63, 3.8) is 0 Å². The normalized spacial score (nSPS) is 11.1. The summed E-state index contributed by atoms with van der Waals surface area (Å²) in [6.45, 7) is 3.72. The summed E-state index contributed by atoms with van der Waals surface area (Å²) in [5.41, 5.74) is 6.05. The average molecular weight is 371 g/mol. The van der Waals surface area contributed by atoms with Crippen LogP contribution in [-0.4, -0.2) is 21.9 Å². The van der Waals surface area contributed by atoms with Gasteiger partial charge in [0, 0.05) is 16.1 Å². The molecule has 0 aliphatic carbocycles. The van der Waals surface area contributed by atoms with Crippen LogP contribution in [0.15, 0.2) is 53.6 Å². The molecule has 26 heavy (non-hydrogen) atoms. The quantitative estimate of drug-likeness (QED) is 0.556. The number of carbonyl (C=O) groups excluding carboxylic acids is 1. The molecule has 0 saturated carbocycles. The van der Waals surface area contributed by atoms with Crippen LogP contribution in [0, 0.1) is 19.7 Å². The van der Waals surface area contributed by atoms with Gasteiger partial charge in [0.15, 0.2) is 0 Å². The van der Waals surface area contributed by atoms with Crippen LogP contribution in [0.1, 0.15) is 27.3 Å². The number of hydrazone groups is 1. The van der Waals surface area contributed by atoms with Gasteiger partial charge in [-0.1, -0.05) is 11.6 Å². The molecule has 1 N–H and O–H groups in total. The summed E-state index contributed by atoms with van der Waals surface area (Å²) < 4.78 is 14.8. The van der Waals surface area contributed by atoms with Crippen LogP contribution < -0.4 is 5.43 Å². The largest absolute Gasteiger partial charge is 0.271 e. The highest BCUT2D eigenvalue weighted by molar-refractivity contribution is 6.30. The molecular formula is C19H16ClFN4O. The number of hydrogen-bond acceptors (Lipinski definition) is 3. The van der Waals surface area contributed by atoms with Crippen LogP contribution in [0.3, 0.4) is 0 Å². The first-order valence-electron chi connectivity index (χ1n) is 7.87. The highest BCUT2D eigenvalue weighted by atomic mass is 35.5. The van der Waals surface area contributed by atoms with E-state index in [0.29, 0.717) is 10.6 Å². The van der Waals surface area contributed by atoms with E-state index in [2.05, 4.69) is 15.6 Å². The zero-order valence-electron chi connectivity index (χ0n) is 14.2. The van der Waals surface area contributed by atoms with Crippen molar-refractivity contribution in [1.29, 1.82) is 0 Å². The lowest BCUT2D eigenvalue weighted by atomic mass is 10.2. The predicted octanol–water partition coefficient (Wildman–Crippen LogP) is 4.05. The molecule has 0 radical (unpaired) electrons. The number of nitrogens with zero attached hydrogens (tertiary/aromatic N) is 3. The maximum absolute atomic E-state index is 13.1. The van der Waals surface area contributed by atoms with Gasteiger partial charge in [0.05, 0.1) is 23.3 Å². The molecule has 0 spiro atoms. The first-order valence-corrected chi connectivity index (χ1v) is 8.24. The number of nitrogens with one attached hydrogen (secondary N) is 1. The number of rotatable bonds is 4. The molecule has 2 aromatic carbocycles. The third-order valence-corrected chi connectivity index (χ3v) is 4.14. The molecule has 3 aromatic rings. The number of carbonyl (C=O) groups is 1. The third-order valence-electron chi connectivity index (χ3n) is 3.88. The second-order valence-corrected chi connectivity index (χ2v) is 6.12. The zero-order valence-corrected chi connectivity index (χ0v) is 15.0. The topological polar surface area (TPSA) is 59.3 Å². The number of amides is 1. The summed E-state index contributed by atoms with van der Waals surface area (Å²) in [4.78, 5) is 12.1. The minimum absolute atomic E-state index is 0.304. The first-order chi connectivity index (χ1) is 12.5. The van der Waals surface area contributed by atoms with Crippen LogP contribution >= 0.6 is 11.6 Å². The van der Waals surface area contributed by atoms with Crippen LogP contribution in [0.4, 0.5) is 4.39 Å². The van der Waals surface area contributed by atoms with Gasteiger partial charge in [-0.25, -0.2) is 14.5 Å². The van der Waals surface area contributed by atoms with Crippen molar-refractivity contribution in [3.05, 3.63) is 81.9 Å². The minimum Gasteiger partial charge on any atom is -0.267 e. The minimum atomic E-state index is -0.334. The van der Waals surface area contributed by atoms with Gasteiger partial charge in [0.2, 0.25) is 0 Å². The Hall–Kier alpha value is -2.99. The highest BCUT2D eigenvalue weighted by Gasteiger charge is 2.11. The maximum atomic E-state index is 13.1. The SMILES string of the molecule is Cc1nn(-c2ccc(F)cc2)c(C)c1/C=N\NC(=O)c1ccc(Cl)cc1. The summed E-state index contributed by atoms with van der Waals surface area (Å²) in [6, 6.07) is 12.6. The summed E-state index contributed by atoms with van der Waals surface area (Å²) in [5, 5.41) is 9.02. The molecule has 0 saturated heterocycles. The summed E-state index contributed by atoms with van der Waals surface area (Å²) in [6.07, 6.45) is 1.55. The van der Waals surface area contributed by atoms with Crippen LogP contribution in [0.25, 0.3) is 5.69 Å². The number of aryl methyl sites for hydroxylation is 1. The Labute approximate surface area is 155 Å². The monoisotopic (exact) mass is 370 g/mol. The van der Waals surface area contributed by atoms with Crippen molar-refractivity contribution in [2.24, 2.45) is 5.10 Å². The molecule has 0 unspecified atom stereocenters. The van der Waals surface area contributed by atoms with Crippen molar-refractivity contribution in [2.45, 2.75) is 13.8 Å². The van der Waals surface area contributed by atoms with E-state index in [-0.39, 0.29) is 11.7 Å². The summed E-state index contributed by atoms with van der Waals surface area (Å²) >= 11 is 5.81. The molecule has 0 aliphatic heterocycles. The number of aromatic nitrogens is 2. The van der Waals surface area contributed by atoms with Crippen molar-refractivity contribution in [1.82, 2.24) is 15.2 Å². The molecular weight excluding hydrogens is 355 g/mol. The van der Waals surface area contributed by atoms with Gasteiger partial charge in [-0.2, -0.15) is 10.2 Å². The predicted molar refractivity (Wildman–Crippen MR) is 99.5 cm³/mol. The number of halogens is 2. The van der Waals surface area contributed by atoms with E-state index in [9.17, 15) is 9.18 Å². The van der Waals surface area contributed by atoms with Gasteiger partial charge in [-0.3, -0.25) is 4.79 Å². The Morgan fingerprint density at radius 1 is 1.15 bits per heavy atom. The molecule has 0 bridgehead atoms. The molecule has 1 amide bonds. The van der Waals surface area contributed by atoms with Crippen molar-refractivity contribution in [3.8, 4) is 5.69 Å². The van der Waals surface area contributed by atoms with Gasteiger partial charge in [-0.15, -0.1) is 0 Å². The van der Waals surface area contributed by atoms with E-state index < -0.39 is 0 Å². The lowest BCUT2D eigenvalue weighted by molar-refractivity contribution is 0.0955. The molecule has 3 rings (SSSR count). The molecule has 0 aliphatic rings. The molecule has 132 valence electrons. The Morgan fingerprint density at radius 3 is 2.46 bits per heavy atom. The van der Waals surface area contributed by atoms with E-state index in [1.54, 1.807) is 47.3 Å². The van der Waals surface area contributed by atoms with Crippen molar-refractivity contribution in [2.75, 3.05) is 0 Å². The lowest BCUT2D eigenvalue weighted by Crippen LogP contribution is -2.17. The fourth-order valence-corrected chi connectivity index (χ4v) is 2.62. The molecule has 0 fully saturated rings. The Kier molecular flexibility index (Phi) is 5.14. The van der Waals surface area contributed by atoms with Gasteiger partial charge in [-0.05, 0) is 62.4 Å². The van der Waals surface area contributed by atoms with E-state index in [0.717, 1.165) is 22.6 Å². The average Bonchev–Trinajstić information content (AvgIpc) is 2.91. The maximum Gasteiger partial charge on any atom is 0.271 e. The summed E-state index contributed by atoms with van der Waals surface area (Å²) in [5.74, 6) is -0.638. The van der Waals surface area contributed by atoms with Crippen molar-refractivity contribution >= 4 is 23.7 Å².